The molecule has 0 aromatic carbocycles. The molecule has 0 heterocycles. The highest BCUT2D eigenvalue weighted by Gasteiger charge is 2.30. The Kier molecular flexibility index (Phi) is 3.02. The van der Waals surface area contributed by atoms with Crippen molar-refractivity contribution in [3.05, 3.63) is 0 Å². The van der Waals surface area contributed by atoms with Gasteiger partial charge in [0, 0.05) is 6.42 Å². The molecular weight excluding hydrogens is 136 g/mol. The lowest BCUT2D eigenvalue weighted by Gasteiger charge is -2.15. The fraction of sp³-hybridized carbons (Fsp3) is 0.667. The van der Waals surface area contributed by atoms with Crippen molar-refractivity contribution in [1.82, 2.24) is 0 Å². The zero-order valence-corrected chi connectivity index (χ0v) is 5.96. The number of carbonyl (C=O) groups is 2. The largest absolute Gasteiger partial charge is 0.467 e. The molecule has 0 saturated heterocycles. The van der Waals surface area contributed by atoms with Crippen molar-refractivity contribution < 1.29 is 19.4 Å². The van der Waals surface area contributed by atoms with E-state index in [4.69, 9.17) is 5.11 Å². The fourth-order valence-corrected chi connectivity index (χ4v) is 0.465. The van der Waals surface area contributed by atoms with Crippen LogP contribution in [0, 0.1) is 0 Å². The third kappa shape index (κ3) is 2.14. The number of esters is 1. The highest BCUT2D eigenvalue weighted by atomic mass is 16.5. The summed E-state index contributed by atoms with van der Waals surface area (Å²) >= 11 is 0. The predicted octanol–water partition coefficient (Wildman–Crippen LogP) is -0.501. The maximum atomic E-state index is 10.6. The lowest BCUT2D eigenvalue weighted by molar-refractivity contribution is -0.161. The van der Waals surface area contributed by atoms with Crippen molar-refractivity contribution in [3.8, 4) is 0 Å². The molecule has 0 bridgehead atoms. The quantitative estimate of drug-likeness (QED) is 0.430. The lowest BCUT2D eigenvalue weighted by Crippen LogP contribution is -2.36. The Bertz CT molecular complexity index is 139. The highest BCUT2D eigenvalue weighted by molar-refractivity contribution is 5.81. The van der Waals surface area contributed by atoms with Crippen molar-refractivity contribution in [2.75, 3.05) is 7.11 Å². The monoisotopic (exact) mass is 146 g/mol. The molecule has 0 amide bonds. The summed E-state index contributed by atoms with van der Waals surface area (Å²) in [4.78, 5) is 20.5. The first-order valence-corrected chi connectivity index (χ1v) is 2.79. The number of hydrogen-bond donors (Lipinski definition) is 1. The van der Waals surface area contributed by atoms with E-state index in [0.717, 1.165) is 7.11 Å². The van der Waals surface area contributed by atoms with Crippen molar-refractivity contribution in [2.45, 2.75) is 18.9 Å². The summed E-state index contributed by atoms with van der Waals surface area (Å²) in [6.07, 6.45) is 0.233. The standard InChI is InChI=1S/C6H10O4/c1-6(9,3-4-7)5(8)10-2/h4,9H,3H2,1-2H3. The van der Waals surface area contributed by atoms with E-state index in [1.807, 2.05) is 0 Å². The summed E-state index contributed by atoms with van der Waals surface area (Å²) in [6.45, 7) is 1.23. The van der Waals surface area contributed by atoms with Crippen LogP contribution in [0.4, 0.5) is 0 Å². The maximum absolute atomic E-state index is 10.6. The van der Waals surface area contributed by atoms with Gasteiger partial charge in [-0.05, 0) is 6.92 Å². The van der Waals surface area contributed by atoms with Crippen molar-refractivity contribution in [1.29, 1.82) is 0 Å². The first-order chi connectivity index (χ1) is 4.54. The van der Waals surface area contributed by atoms with E-state index in [9.17, 15) is 9.59 Å². The van der Waals surface area contributed by atoms with Gasteiger partial charge in [-0.2, -0.15) is 0 Å². The average Bonchev–Trinajstić information content (AvgIpc) is 1.86. The second-order valence-corrected chi connectivity index (χ2v) is 2.14. The molecule has 0 aliphatic rings. The Morgan fingerprint density at radius 1 is 1.80 bits per heavy atom. The normalized spacial score (nSPS) is 15.5. The molecule has 0 radical (unpaired) electrons. The topological polar surface area (TPSA) is 63.6 Å². The molecule has 10 heavy (non-hydrogen) atoms. The Balaban J connectivity index is 4.08. The van der Waals surface area contributed by atoms with Gasteiger partial charge >= 0.3 is 5.97 Å². The van der Waals surface area contributed by atoms with Crippen LogP contribution in [-0.2, 0) is 14.3 Å². The van der Waals surface area contributed by atoms with Crippen LogP contribution >= 0.6 is 0 Å². The summed E-state index contributed by atoms with van der Waals surface area (Å²) in [5.74, 6) is -0.792. The number of ether oxygens (including phenoxy) is 1. The molecule has 0 saturated carbocycles. The van der Waals surface area contributed by atoms with Crippen molar-refractivity contribution in [3.63, 3.8) is 0 Å². The maximum Gasteiger partial charge on any atom is 0.337 e. The van der Waals surface area contributed by atoms with Gasteiger partial charge in [0.2, 0.25) is 0 Å². The SMILES string of the molecule is COC(=O)C(C)(O)CC=O. The van der Waals surface area contributed by atoms with Gasteiger partial charge in [0.05, 0.1) is 7.11 Å². The minimum Gasteiger partial charge on any atom is -0.467 e. The number of methoxy groups -OCH3 is 1. The Morgan fingerprint density at radius 3 is 2.60 bits per heavy atom. The molecular formula is C6H10O4. The molecule has 0 fully saturated rings. The van der Waals surface area contributed by atoms with Crippen LogP contribution in [-0.4, -0.2) is 30.1 Å². The van der Waals surface area contributed by atoms with E-state index in [0.29, 0.717) is 6.29 Å². The molecule has 0 rings (SSSR count). The molecule has 4 nitrogen and oxygen atoms in total. The van der Waals surface area contributed by atoms with Gasteiger partial charge in [-0.25, -0.2) is 4.79 Å². The molecule has 58 valence electrons. The number of aliphatic hydroxyl groups is 1. The van der Waals surface area contributed by atoms with E-state index in [-0.39, 0.29) is 6.42 Å². The van der Waals surface area contributed by atoms with Gasteiger partial charge in [-0.15, -0.1) is 0 Å². The summed E-state index contributed by atoms with van der Waals surface area (Å²) in [7, 11) is 1.15. The molecule has 1 unspecified atom stereocenters. The second-order valence-electron chi connectivity index (χ2n) is 2.14. The van der Waals surface area contributed by atoms with Crippen LogP contribution in [0.3, 0.4) is 0 Å². The zero-order chi connectivity index (χ0) is 8.20. The van der Waals surface area contributed by atoms with E-state index in [2.05, 4.69) is 4.74 Å². The van der Waals surface area contributed by atoms with Crippen LogP contribution < -0.4 is 0 Å². The fourth-order valence-electron chi connectivity index (χ4n) is 0.465. The smallest absolute Gasteiger partial charge is 0.337 e. The third-order valence-electron chi connectivity index (χ3n) is 1.11. The van der Waals surface area contributed by atoms with Crippen LogP contribution in [0.15, 0.2) is 0 Å². The Labute approximate surface area is 58.8 Å². The van der Waals surface area contributed by atoms with Crippen LogP contribution in [0.1, 0.15) is 13.3 Å². The van der Waals surface area contributed by atoms with E-state index in [1.165, 1.54) is 6.92 Å². The summed E-state index contributed by atoms with van der Waals surface area (Å²) < 4.78 is 4.22. The van der Waals surface area contributed by atoms with Gasteiger partial charge < -0.3 is 14.6 Å². The van der Waals surface area contributed by atoms with Gasteiger partial charge in [-0.1, -0.05) is 0 Å². The number of rotatable bonds is 3. The average molecular weight is 146 g/mol. The molecule has 1 N–H and O–H groups in total. The van der Waals surface area contributed by atoms with Crippen LogP contribution in [0.25, 0.3) is 0 Å². The second kappa shape index (κ2) is 3.31. The summed E-state index contributed by atoms with van der Waals surface area (Å²) in [6, 6.07) is 0. The molecule has 1 atom stereocenters. The third-order valence-corrected chi connectivity index (χ3v) is 1.11. The number of carbonyl (C=O) groups excluding carboxylic acids is 2. The molecule has 0 spiro atoms. The first kappa shape index (κ1) is 9.10. The Hall–Kier alpha value is -0.900. The molecule has 0 aliphatic carbocycles. The van der Waals surface area contributed by atoms with Crippen molar-refractivity contribution in [2.24, 2.45) is 0 Å². The van der Waals surface area contributed by atoms with E-state index in [1.54, 1.807) is 0 Å². The minimum absolute atomic E-state index is 0.236. The van der Waals surface area contributed by atoms with Gasteiger partial charge in [0.15, 0.2) is 5.60 Å². The minimum atomic E-state index is -1.67. The van der Waals surface area contributed by atoms with Crippen LogP contribution in [0.2, 0.25) is 0 Å². The molecule has 0 aromatic heterocycles. The lowest BCUT2D eigenvalue weighted by atomic mass is 10.0. The van der Waals surface area contributed by atoms with Crippen molar-refractivity contribution >= 4 is 12.3 Å². The molecule has 0 aromatic rings. The van der Waals surface area contributed by atoms with Gasteiger partial charge in [-0.3, -0.25) is 0 Å². The first-order valence-electron chi connectivity index (χ1n) is 2.79. The van der Waals surface area contributed by atoms with Gasteiger partial charge in [0.25, 0.3) is 0 Å². The Morgan fingerprint density at radius 2 is 2.30 bits per heavy atom. The van der Waals surface area contributed by atoms with E-state index >= 15 is 0 Å². The van der Waals surface area contributed by atoms with Gasteiger partial charge in [0.1, 0.15) is 6.29 Å². The van der Waals surface area contributed by atoms with Crippen LogP contribution in [0.5, 0.6) is 0 Å². The molecule has 4 heteroatoms. The zero-order valence-electron chi connectivity index (χ0n) is 5.96. The highest BCUT2D eigenvalue weighted by Crippen LogP contribution is 2.08. The number of hydrogen-bond acceptors (Lipinski definition) is 4. The summed E-state index contributed by atoms with van der Waals surface area (Å²) in [5, 5.41) is 9.08. The summed E-state index contributed by atoms with van der Waals surface area (Å²) in [5.41, 5.74) is -1.67. The predicted molar refractivity (Wildman–Crippen MR) is 33.3 cm³/mol. The molecule has 0 aliphatic heterocycles. The van der Waals surface area contributed by atoms with E-state index < -0.39 is 11.6 Å². The number of aldehydes is 1.